The van der Waals surface area contributed by atoms with E-state index in [1.54, 1.807) is 6.26 Å². The molecule has 0 saturated heterocycles. The minimum atomic E-state index is -1.00. The van der Waals surface area contributed by atoms with Crippen LogP contribution in [-0.4, -0.2) is 39.9 Å². The standard InChI is InChI=1S/C8H15NO3S/c1-6(8(10)11)4-9-7(2)5-13(3)12/h7,9H,1,4-5H2,2-3H3,(H,10,11). The van der Waals surface area contributed by atoms with E-state index >= 15 is 0 Å². The predicted octanol–water partition coefficient (Wildman–Crippen LogP) is -0.0162. The van der Waals surface area contributed by atoms with Crippen LogP contribution in [0.4, 0.5) is 0 Å². The Hall–Kier alpha value is -0.680. The summed E-state index contributed by atoms with van der Waals surface area (Å²) in [5.41, 5.74) is 0.119. The third kappa shape index (κ3) is 6.48. The van der Waals surface area contributed by atoms with Gasteiger partial charge in [0.15, 0.2) is 0 Å². The van der Waals surface area contributed by atoms with Crippen LogP contribution < -0.4 is 5.32 Å². The van der Waals surface area contributed by atoms with E-state index in [2.05, 4.69) is 11.9 Å². The van der Waals surface area contributed by atoms with Gasteiger partial charge in [0.2, 0.25) is 0 Å². The molecule has 0 heterocycles. The molecule has 2 unspecified atom stereocenters. The molecule has 0 aromatic carbocycles. The number of hydrogen-bond donors (Lipinski definition) is 2. The minimum Gasteiger partial charge on any atom is -0.478 e. The Morgan fingerprint density at radius 2 is 2.23 bits per heavy atom. The van der Waals surface area contributed by atoms with Crippen molar-refractivity contribution in [3.05, 3.63) is 12.2 Å². The highest BCUT2D eigenvalue weighted by Crippen LogP contribution is 1.90. The summed E-state index contributed by atoms with van der Waals surface area (Å²) in [5.74, 6) is -0.482. The monoisotopic (exact) mass is 205 g/mol. The summed E-state index contributed by atoms with van der Waals surface area (Å²) in [7, 11) is -0.861. The van der Waals surface area contributed by atoms with Crippen molar-refractivity contribution < 1.29 is 14.1 Å². The highest BCUT2D eigenvalue weighted by Gasteiger charge is 2.07. The zero-order valence-electron chi connectivity index (χ0n) is 7.87. The number of nitrogens with one attached hydrogen (secondary N) is 1. The lowest BCUT2D eigenvalue weighted by atomic mass is 10.3. The van der Waals surface area contributed by atoms with Crippen molar-refractivity contribution in [2.24, 2.45) is 0 Å². The number of aliphatic carboxylic acids is 1. The van der Waals surface area contributed by atoms with Gasteiger partial charge >= 0.3 is 5.97 Å². The molecule has 0 aliphatic carbocycles. The molecule has 2 N–H and O–H groups in total. The fourth-order valence-electron chi connectivity index (χ4n) is 0.784. The van der Waals surface area contributed by atoms with E-state index in [1.807, 2.05) is 6.92 Å². The lowest BCUT2D eigenvalue weighted by Gasteiger charge is -2.11. The molecule has 0 fully saturated rings. The molecular formula is C8H15NO3S. The Morgan fingerprint density at radius 3 is 2.62 bits per heavy atom. The normalized spacial score (nSPS) is 14.9. The van der Waals surface area contributed by atoms with Crippen LogP contribution in [0.5, 0.6) is 0 Å². The van der Waals surface area contributed by atoms with Crippen LogP contribution in [0.2, 0.25) is 0 Å². The quantitative estimate of drug-likeness (QED) is 0.598. The van der Waals surface area contributed by atoms with Crippen LogP contribution in [-0.2, 0) is 15.6 Å². The SMILES string of the molecule is C=C(CNC(C)CS(C)=O)C(=O)O. The maximum atomic E-state index is 10.8. The first kappa shape index (κ1) is 12.3. The van der Waals surface area contributed by atoms with Gasteiger partial charge < -0.3 is 10.4 Å². The number of carbonyl (C=O) groups is 1. The van der Waals surface area contributed by atoms with Gasteiger partial charge in [-0.05, 0) is 6.92 Å². The van der Waals surface area contributed by atoms with Crippen molar-refractivity contribution in [3.8, 4) is 0 Å². The predicted molar refractivity (Wildman–Crippen MR) is 53.2 cm³/mol. The highest BCUT2D eigenvalue weighted by atomic mass is 32.2. The van der Waals surface area contributed by atoms with Gasteiger partial charge in [0, 0.05) is 41.0 Å². The molecule has 0 saturated carbocycles. The van der Waals surface area contributed by atoms with E-state index in [-0.39, 0.29) is 18.2 Å². The lowest BCUT2D eigenvalue weighted by Crippen LogP contribution is -2.33. The summed E-state index contributed by atoms with van der Waals surface area (Å²) in [4.78, 5) is 10.3. The van der Waals surface area contributed by atoms with Crippen LogP contribution >= 0.6 is 0 Å². The van der Waals surface area contributed by atoms with Crippen LogP contribution in [0, 0.1) is 0 Å². The van der Waals surface area contributed by atoms with Crippen molar-refractivity contribution in [2.75, 3.05) is 18.6 Å². The molecule has 0 spiro atoms. The van der Waals surface area contributed by atoms with Crippen molar-refractivity contribution >= 4 is 16.8 Å². The highest BCUT2D eigenvalue weighted by molar-refractivity contribution is 7.84. The molecule has 0 aliphatic rings. The Bertz CT molecular complexity index is 227. The second-order valence-electron chi connectivity index (χ2n) is 2.93. The number of hydrogen-bond acceptors (Lipinski definition) is 3. The molecule has 2 atom stereocenters. The van der Waals surface area contributed by atoms with Crippen LogP contribution in [0.1, 0.15) is 6.92 Å². The van der Waals surface area contributed by atoms with Crippen LogP contribution in [0.3, 0.4) is 0 Å². The molecule has 0 bridgehead atoms. The average Bonchev–Trinajstić information content (AvgIpc) is 1.98. The molecular weight excluding hydrogens is 190 g/mol. The van der Waals surface area contributed by atoms with Gasteiger partial charge in [-0.25, -0.2) is 4.79 Å². The second-order valence-corrected chi connectivity index (χ2v) is 4.41. The fourth-order valence-corrected chi connectivity index (χ4v) is 1.61. The van der Waals surface area contributed by atoms with E-state index < -0.39 is 16.8 Å². The Kier molecular flexibility index (Phi) is 5.57. The van der Waals surface area contributed by atoms with Crippen LogP contribution in [0.25, 0.3) is 0 Å². The number of rotatable bonds is 6. The topological polar surface area (TPSA) is 66.4 Å². The third-order valence-electron chi connectivity index (χ3n) is 1.45. The smallest absolute Gasteiger partial charge is 0.332 e. The third-order valence-corrected chi connectivity index (χ3v) is 2.42. The molecule has 0 aliphatic heterocycles. The summed E-state index contributed by atoms with van der Waals surface area (Å²) in [6.45, 7) is 5.45. The van der Waals surface area contributed by atoms with Gasteiger partial charge in [-0.1, -0.05) is 6.58 Å². The molecule has 0 aromatic heterocycles. The molecule has 5 heteroatoms. The van der Waals surface area contributed by atoms with E-state index in [0.29, 0.717) is 5.75 Å². The largest absolute Gasteiger partial charge is 0.478 e. The first-order chi connectivity index (χ1) is 5.93. The summed E-state index contributed by atoms with van der Waals surface area (Å²) >= 11 is 0. The van der Waals surface area contributed by atoms with Crippen molar-refractivity contribution in [1.82, 2.24) is 5.32 Å². The van der Waals surface area contributed by atoms with Gasteiger partial charge in [0.05, 0.1) is 0 Å². The van der Waals surface area contributed by atoms with E-state index in [1.165, 1.54) is 0 Å². The molecule has 0 rings (SSSR count). The summed E-state index contributed by atoms with van der Waals surface area (Å²) in [6.07, 6.45) is 1.62. The van der Waals surface area contributed by atoms with Gasteiger partial charge in [-0.3, -0.25) is 4.21 Å². The van der Waals surface area contributed by atoms with Gasteiger partial charge in [0.1, 0.15) is 0 Å². The van der Waals surface area contributed by atoms with E-state index in [9.17, 15) is 9.00 Å². The summed E-state index contributed by atoms with van der Waals surface area (Å²) in [5, 5.41) is 11.4. The maximum absolute atomic E-state index is 10.8. The number of carboxylic acid groups (broad SMARTS) is 1. The summed E-state index contributed by atoms with van der Waals surface area (Å²) < 4.78 is 10.8. The van der Waals surface area contributed by atoms with Gasteiger partial charge in [-0.15, -0.1) is 0 Å². The van der Waals surface area contributed by atoms with Crippen LogP contribution in [0.15, 0.2) is 12.2 Å². The van der Waals surface area contributed by atoms with E-state index in [4.69, 9.17) is 5.11 Å². The zero-order valence-corrected chi connectivity index (χ0v) is 8.69. The Balaban J connectivity index is 3.70. The molecule has 76 valence electrons. The first-order valence-electron chi connectivity index (χ1n) is 3.88. The van der Waals surface area contributed by atoms with Crippen molar-refractivity contribution in [1.29, 1.82) is 0 Å². The molecule has 0 amide bonds. The van der Waals surface area contributed by atoms with Gasteiger partial charge in [0.25, 0.3) is 0 Å². The van der Waals surface area contributed by atoms with E-state index in [0.717, 1.165) is 0 Å². The first-order valence-corrected chi connectivity index (χ1v) is 5.60. The van der Waals surface area contributed by atoms with Crippen molar-refractivity contribution in [2.45, 2.75) is 13.0 Å². The Morgan fingerprint density at radius 1 is 1.69 bits per heavy atom. The average molecular weight is 205 g/mol. The molecule has 0 aromatic rings. The summed E-state index contributed by atoms with van der Waals surface area (Å²) in [6, 6.07) is 0.0435. The second kappa shape index (κ2) is 5.88. The molecule has 0 radical (unpaired) electrons. The lowest BCUT2D eigenvalue weighted by molar-refractivity contribution is -0.132. The Labute approximate surface area is 80.5 Å². The number of carboxylic acids is 1. The minimum absolute atomic E-state index is 0.0435. The molecule has 4 nitrogen and oxygen atoms in total. The fraction of sp³-hybridized carbons (Fsp3) is 0.625. The molecule has 13 heavy (non-hydrogen) atoms. The van der Waals surface area contributed by atoms with Crippen molar-refractivity contribution in [3.63, 3.8) is 0 Å². The zero-order chi connectivity index (χ0) is 10.4. The maximum Gasteiger partial charge on any atom is 0.332 e. The van der Waals surface area contributed by atoms with Gasteiger partial charge in [-0.2, -0.15) is 0 Å².